The molecule has 7 heteroatoms. The molecule has 0 aliphatic carbocycles. The Labute approximate surface area is 143 Å². The zero-order valence-corrected chi connectivity index (χ0v) is 14.4. The van der Waals surface area contributed by atoms with Gasteiger partial charge in [-0.25, -0.2) is 0 Å². The molecule has 0 spiro atoms. The summed E-state index contributed by atoms with van der Waals surface area (Å²) in [6, 6.07) is 10.1. The molecule has 1 aromatic heterocycles. The van der Waals surface area contributed by atoms with Crippen LogP contribution in [0.1, 0.15) is 16.1 Å². The highest BCUT2D eigenvalue weighted by atomic mass is 32.2. The van der Waals surface area contributed by atoms with Gasteiger partial charge in [-0.3, -0.25) is 9.59 Å². The Balaban J connectivity index is 1.89. The van der Waals surface area contributed by atoms with Crippen molar-refractivity contribution >= 4 is 46.3 Å². The van der Waals surface area contributed by atoms with E-state index in [1.54, 1.807) is 42.1 Å². The summed E-state index contributed by atoms with van der Waals surface area (Å²) in [7, 11) is 0. The molecule has 0 saturated heterocycles. The van der Waals surface area contributed by atoms with Crippen molar-refractivity contribution < 1.29 is 9.59 Å². The van der Waals surface area contributed by atoms with Gasteiger partial charge in [0, 0.05) is 11.4 Å². The highest BCUT2D eigenvalue weighted by molar-refractivity contribution is 7.98. The number of benzene rings is 1. The smallest absolute Gasteiger partial charge is 0.265 e. The largest absolute Gasteiger partial charge is 0.325 e. The molecule has 4 N–H and O–H groups in total. The van der Waals surface area contributed by atoms with E-state index in [1.165, 1.54) is 11.3 Å². The molecule has 0 aliphatic heterocycles. The average molecular weight is 349 g/mol. The lowest BCUT2D eigenvalue weighted by molar-refractivity contribution is -0.117. The van der Waals surface area contributed by atoms with Gasteiger partial charge in [0.2, 0.25) is 5.91 Å². The Morgan fingerprint density at radius 2 is 1.83 bits per heavy atom. The first-order chi connectivity index (χ1) is 11.1. The summed E-state index contributed by atoms with van der Waals surface area (Å²) >= 11 is 3.05. The number of thiophene rings is 1. The minimum Gasteiger partial charge on any atom is -0.325 e. The molecule has 5 nitrogen and oxygen atoms in total. The normalized spacial score (nSPS) is 11.7. The molecule has 1 heterocycles. The van der Waals surface area contributed by atoms with Gasteiger partial charge in [-0.1, -0.05) is 6.07 Å². The number of carbonyl (C=O) groups excluding carboxylic acids is 2. The number of amides is 2. The standard InChI is InChI=1S/C16H19N3O2S2/c1-22-10-8-13(17)15(20)18-11-4-6-12(7-5-11)19-16(21)14-3-2-9-23-14/h2-7,9,13H,8,10,17H2,1H3,(H,18,20)(H,19,21)/t13-/m0/s1. The van der Waals surface area contributed by atoms with E-state index in [9.17, 15) is 9.59 Å². The van der Waals surface area contributed by atoms with Crippen molar-refractivity contribution in [2.75, 3.05) is 22.6 Å². The number of hydrogen-bond donors (Lipinski definition) is 3. The van der Waals surface area contributed by atoms with Gasteiger partial charge in [0.1, 0.15) is 0 Å². The van der Waals surface area contributed by atoms with Crippen LogP contribution in [0.25, 0.3) is 0 Å². The van der Waals surface area contributed by atoms with E-state index in [4.69, 9.17) is 5.73 Å². The Morgan fingerprint density at radius 1 is 1.17 bits per heavy atom. The van der Waals surface area contributed by atoms with Gasteiger partial charge < -0.3 is 16.4 Å². The molecule has 0 saturated carbocycles. The van der Waals surface area contributed by atoms with Crippen LogP contribution in [0.4, 0.5) is 11.4 Å². The zero-order chi connectivity index (χ0) is 16.7. The fourth-order valence-corrected chi connectivity index (χ4v) is 2.96. The molecule has 1 atom stereocenters. The maximum absolute atomic E-state index is 11.9. The SMILES string of the molecule is CSCC[C@H](N)C(=O)Nc1ccc(NC(=O)c2cccs2)cc1. The number of hydrogen-bond acceptors (Lipinski definition) is 5. The third-order valence-corrected chi connectivity index (χ3v) is 4.64. The Bertz CT molecular complexity index is 642. The molecule has 2 aromatic rings. The fraction of sp³-hybridized carbons (Fsp3) is 0.250. The molecule has 0 aliphatic rings. The van der Waals surface area contributed by atoms with Crippen LogP contribution in [0.3, 0.4) is 0 Å². The molecule has 2 rings (SSSR count). The number of carbonyl (C=O) groups is 2. The second-order valence-corrected chi connectivity index (χ2v) is 6.82. The van der Waals surface area contributed by atoms with Gasteiger partial charge in [-0.15, -0.1) is 11.3 Å². The van der Waals surface area contributed by atoms with Crippen LogP contribution < -0.4 is 16.4 Å². The Morgan fingerprint density at radius 3 is 2.39 bits per heavy atom. The van der Waals surface area contributed by atoms with E-state index in [-0.39, 0.29) is 11.8 Å². The van der Waals surface area contributed by atoms with E-state index in [1.807, 2.05) is 17.7 Å². The van der Waals surface area contributed by atoms with Gasteiger partial charge >= 0.3 is 0 Å². The first kappa shape index (κ1) is 17.5. The summed E-state index contributed by atoms with van der Waals surface area (Å²) in [5, 5.41) is 7.44. The van der Waals surface area contributed by atoms with Crippen molar-refractivity contribution in [3.63, 3.8) is 0 Å². The van der Waals surface area contributed by atoms with E-state index in [0.29, 0.717) is 22.7 Å². The number of anilines is 2. The van der Waals surface area contributed by atoms with Crippen LogP contribution >= 0.6 is 23.1 Å². The number of nitrogens with two attached hydrogens (primary N) is 1. The molecule has 1 aromatic carbocycles. The van der Waals surface area contributed by atoms with Crippen LogP contribution in [0.15, 0.2) is 41.8 Å². The maximum Gasteiger partial charge on any atom is 0.265 e. The van der Waals surface area contributed by atoms with Gasteiger partial charge in [0.05, 0.1) is 10.9 Å². The quantitative estimate of drug-likeness (QED) is 0.717. The van der Waals surface area contributed by atoms with Crippen LogP contribution in [-0.4, -0.2) is 29.9 Å². The fourth-order valence-electron chi connectivity index (χ4n) is 1.85. The van der Waals surface area contributed by atoms with E-state index in [2.05, 4.69) is 10.6 Å². The summed E-state index contributed by atoms with van der Waals surface area (Å²) in [6.07, 6.45) is 2.62. The molecule has 122 valence electrons. The molecule has 0 bridgehead atoms. The lowest BCUT2D eigenvalue weighted by Gasteiger charge is -2.12. The predicted molar refractivity (Wildman–Crippen MR) is 98.3 cm³/mol. The summed E-state index contributed by atoms with van der Waals surface area (Å²) in [4.78, 5) is 24.5. The van der Waals surface area contributed by atoms with Crippen molar-refractivity contribution in [1.82, 2.24) is 0 Å². The Kier molecular flexibility index (Phi) is 6.64. The lowest BCUT2D eigenvalue weighted by atomic mass is 10.2. The third-order valence-electron chi connectivity index (χ3n) is 3.13. The molecule has 23 heavy (non-hydrogen) atoms. The summed E-state index contributed by atoms with van der Waals surface area (Å²) in [5.74, 6) is 0.507. The molecular weight excluding hydrogens is 330 g/mol. The van der Waals surface area contributed by atoms with Crippen LogP contribution in [0, 0.1) is 0 Å². The van der Waals surface area contributed by atoms with Crippen molar-refractivity contribution in [3.8, 4) is 0 Å². The highest BCUT2D eigenvalue weighted by Crippen LogP contribution is 2.16. The van der Waals surface area contributed by atoms with Crippen LogP contribution in [0.2, 0.25) is 0 Å². The van der Waals surface area contributed by atoms with Crippen molar-refractivity contribution in [2.45, 2.75) is 12.5 Å². The van der Waals surface area contributed by atoms with E-state index < -0.39 is 6.04 Å². The summed E-state index contributed by atoms with van der Waals surface area (Å²) in [5.41, 5.74) is 7.15. The lowest BCUT2D eigenvalue weighted by Crippen LogP contribution is -2.36. The minimum absolute atomic E-state index is 0.143. The van der Waals surface area contributed by atoms with Crippen molar-refractivity contribution in [1.29, 1.82) is 0 Å². The number of rotatable bonds is 7. The molecule has 2 amide bonds. The average Bonchev–Trinajstić information content (AvgIpc) is 3.09. The van der Waals surface area contributed by atoms with E-state index in [0.717, 1.165) is 5.75 Å². The monoisotopic (exact) mass is 349 g/mol. The first-order valence-corrected chi connectivity index (χ1v) is 9.38. The summed E-state index contributed by atoms with van der Waals surface area (Å²) < 4.78 is 0. The van der Waals surface area contributed by atoms with Gasteiger partial charge in [-0.2, -0.15) is 11.8 Å². The summed E-state index contributed by atoms with van der Waals surface area (Å²) in [6.45, 7) is 0. The first-order valence-electron chi connectivity index (χ1n) is 7.10. The van der Waals surface area contributed by atoms with Gasteiger partial charge in [0.15, 0.2) is 0 Å². The third kappa shape index (κ3) is 5.38. The van der Waals surface area contributed by atoms with Crippen LogP contribution in [0.5, 0.6) is 0 Å². The maximum atomic E-state index is 11.9. The molecular formula is C16H19N3O2S2. The molecule has 0 fully saturated rings. The second kappa shape index (κ2) is 8.71. The topological polar surface area (TPSA) is 84.2 Å². The minimum atomic E-state index is -0.513. The molecule has 0 radical (unpaired) electrons. The van der Waals surface area contributed by atoms with E-state index >= 15 is 0 Å². The second-order valence-electron chi connectivity index (χ2n) is 4.89. The highest BCUT2D eigenvalue weighted by Gasteiger charge is 2.13. The van der Waals surface area contributed by atoms with Crippen molar-refractivity contribution in [3.05, 3.63) is 46.7 Å². The zero-order valence-electron chi connectivity index (χ0n) is 12.7. The number of nitrogens with one attached hydrogen (secondary N) is 2. The van der Waals surface area contributed by atoms with Crippen LogP contribution in [-0.2, 0) is 4.79 Å². The molecule has 0 unspecified atom stereocenters. The van der Waals surface area contributed by atoms with Gasteiger partial charge in [0.25, 0.3) is 5.91 Å². The van der Waals surface area contributed by atoms with Crippen molar-refractivity contribution in [2.24, 2.45) is 5.73 Å². The van der Waals surface area contributed by atoms with Gasteiger partial charge in [-0.05, 0) is 54.1 Å². The Hall–Kier alpha value is -1.83. The number of thioether (sulfide) groups is 1. The predicted octanol–water partition coefficient (Wildman–Crippen LogP) is 3.02.